The van der Waals surface area contributed by atoms with Crippen molar-refractivity contribution in [2.24, 2.45) is 0 Å². The van der Waals surface area contributed by atoms with Gasteiger partial charge in [0.1, 0.15) is 6.07 Å². The average Bonchev–Trinajstić information content (AvgIpc) is 2.70. The average molecular weight is 439 g/mol. The molecule has 0 unspecified atom stereocenters. The van der Waals surface area contributed by atoms with E-state index in [4.69, 9.17) is 19.3 Å². The van der Waals surface area contributed by atoms with E-state index in [1.165, 1.54) is 25.1 Å². The van der Waals surface area contributed by atoms with Gasteiger partial charge in [0, 0.05) is 30.7 Å². The Balaban J connectivity index is 1.97. The van der Waals surface area contributed by atoms with E-state index in [1.807, 2.05) is 4.72 Å². The van der Waals surface area contributed by atoms with E-state index in [9.17, 15) is 18.5 Å². The zero-order valence-corrected chi connectivity index (χ0v) is 17.1. The third-order valence-corrected chi connectivity index (χ3v) is 4.83. The minimum atomic E-state index is -4.12. The second-order valence-electron chi connectivity index (χ2n) is 5.73. The first kappa shape index (κ1) is 22.9. The summed E-state index contributed by atoms with van der Waals surface area (Å²) in [5.74, 6) is 1.000. The molecule has 162 valence electrons. The van der Waals surface area contributed by atoms with Gasteiger partial charge >= 0.3 is 16.3 Å². The number of hydrogen-bond donors (Lipinski definition) is 4. The van der Waals surface area contributed by atoms with Gasteiger partial charge < -0.3 is 24.6 Å². The molecule has 0 saturated heterocycles. The Labute approximate surface area is 172 Å². The third kappa shape index (κ3) is 6.08. The zero-order chi connectivity index (χ0) is 22.1. The first-order valence-corrected chi connectivity index (χ1v) is 10.1. The maximum atomic E-state index is 11.3. The first-order chi connectivity index (χ1) is 14.3. The van der Waals surface area contributed by atoms with E-state index in [2.05, 4.69) is 16.4 Å². The SMILES string of the molecule is COc1cc2ncc(C#N)c(NCCOCCNS(=O)(=O)NC(=O)O)c2cc1OC. The molecule has 2 rings (SSSR count). The van der Waals surface area contributed by atoms with Gasteiger partial charge in [0.15, 0.2) is 11.5 Å². The molecule has 4 N–H and O–H groups in total. The van der Waals surface area contributed by atoms with Crippen molar-refractivity contribution >= 4 is 32.9 Å². The number of hydrogen-bond acceptors (Lipinski definition) is 9. The number of amides is 1. The number of carbonyl (C=O) groups is 1. The van der Waals surface area contributed by atoms with Crippen molar-refractivity contribution < 1.29 is 32.5 Å². The van der Waals surface area contributed by atoms with Crippen LogP contribution in [0.3, 0.4) is 0 Å². The van der Waals surface area contributed by atoms with Crippen molar-refractivity contribution in [3.63, 3.8) is 0 Å². The minimum Gasteiger partial charge on any atom is -0.493 e. The summed E-state index contributed by atoms with van der Waals surface area (Å²) in [6.45, 7) is 0.439. The molecule has 1 amide bonds. The summed E-state index contributed by atoms with van der Waals surface area (Å²) in [6, 6.07) is 5.50. The quantitative estimate of drug-likeness (QED) is 0.364. The summed E-state index contributed by atoms with van der Waals surface area (Å²) < 4.78 is 41.8. The first-order valence-electron chi connectivity index (χ1n) is 8.58. The highest BCUT2D eigenvalue weighted by Gasteiger charge is 2.14. The lowest BCUT2D eigenvalue weighted by Crippen LogP contribution is -2.40. The highest BCUT2D eigenvalue weighted by molar-refractivity contribution is 7.88. The highest BCUT2D eigenvalue weighted by Crippen LogP contribution is 2.35. The summed E-state index contributed by atoms with van der Waals surface area (Å²) in [5, 5.41) is 21.6. The fourth-order valence-electron chi connectivity index (χ4n) is 2.54. The lowest BCUT2D eigenvalue weighted by atomic mass is 10.1. The number of pyridine rings is 1. The summed E-state index contributed by atoms with van der Waals surface area (Å²) in [7, 11) is -1.10. The Bertz CT molecular complexity index is 1050. The van der Waals surface area contributed by atoms with Crippen molar-refractivity contribution in [1.82, 2.24) is 14.4 Å². The number of aromatic nitrogens is 1. The summed E-state index contributed by atoms with van der Waals surface area (Å²) >= 11 is 0. The highest BCUT2D eigenvalue weighted by atomic mass is 32.2. The number of carboxylic acid groups (broad SMARTS) is 1. The Morgan fingerprint density at radius 3 is 2.50 bits per heavy atom. The molecule has 0 bridgehead atoms. The van der Waals surface area contributed by atoms with Gasteiger partial charge in [0.2, 0.25) is 0 Å². The zero-order valence-electron chi connectivity index (χ0n) is 16.3. The lowest BCUT2D eigenvalue weighted by Gasteiger charge is -2.14. The van der Waals surface area contributed by atoms with E-state index in [-0.39, 0.29) is 19.8 Å². The number of anilines is 1. The summed E-state index contributed by atoms with van der Waals surface area (Å²) in [6.07, 6.45) is -0.235. The Morgan fingerprint density at radius 1 is 1.20 bits per heavy atom. The Kier molecular flexibility index (Phi) is 7.98. The standard InChI is InChI=1S/C17H21N5O7S/c1-27-14-7-12-13(8-15(14)28-2)20-10-11(9-18)16(12)19-3-5-29-6-4-21-30(25,26)22-17(23)24/h7-8,10,21-22H,3-6H2,1-2H3,(H,19,20)(H,23,24). The van der Waals surface area contributed by atoms with Crippen LogP contribution < -0.4 is 24.2 Å². The molecule has 0 atom stereocenters. The molecule has 1 heterocycles. The Morgan fingerprint density at radius 2 is 1.87 bits per heavy atom. The predicted molar refractivity (Wildman–Crippen MR) is 107 cm³/mol. The van der Waals surface area contributed by atoms with Crippen LogP contribution in [0.25, 0.3) is 10.9 Å². The van der Waals surface area contributed by atoms with Crippen LogP contribution in [0.2, 0.25) is 0 Å². The number of ether oxygens (including phenoxy) is 3. The van der Waals surface area contributed by atoms with Gasteiger partial charge in [-0.25, -0.2) is 9.52 Å². The Hall–Kier alpha value is -3.34. The van der Waals surface area contributed by atoms with Crippen LogP contribution in [0.15, 0.2) is 18.3 Å². The fraction of sp³-hybridized carbons (Fsp3) is 0.353. The molecule has 12 nitrogen and oxygen atoms in total. The van der Waals surface area contributed by atoms with Crippen molar-refractivity contribution in [1.29, 1.82) is 5.26 Å². The van der Waals surface area contributed by atoms with E-state index in [0.29, 0.717) is 40.2 Å². The smallest absolute Gasteiger partial charge is 0.419 e. The van der Waals surface area contributed by atoms with Crippen LogP contribution in [0.1, 0.15) is 5.56 Å². The number of benzene rings is 1. The van der Waals surface area contributed by atoms with E-state index >= 15 is 0 Å². The molecule has 0 aliphatic rings. The maximum Gasteiger partial charge on any atom is 0.419 e. The van der Waals surface area contributed by atoms with Gasteiger partial charge in [-0.15, -0.1) is 0 Å². The number of nitrogens with zero attached hydrogens (tertiary/aromatic N) is 2. The number of fused-ring (bicyclic) bond motifs is 1. The minimum absolute atomic E-state index is 0.0232. The molecule has 2 aromatic rings. The molecule has 0 radical (unpaired) electrons. The van der Waals surface area contributed by atoms with Crippen LogP contribution in [0.5, 0.6) is 11.5 Å². The second kappa shape index (κ2) is 10.4. The molecule has 1 aromatic carbocycles. The van der Waals surface area contributed by atoms with Crippen LogP contribution in [-0.4, -0.2) is 65.1 Å². The van der Waals surface area contributed by atoms with Crippen molar-refractivity contribution in [3.8, 4) is 17.6 Å². The van der Waals surface area contributed by atoms with Gasteiger partial charge in [-0.3, -0.25) is 4.98 Å². The monoisotopic (exact) mass is 439 g/mol. The lowest BCUT2D eigenvalue weighted by molar-refractivity contribution is 0.149. The number of nitrogens with one attached hydrogen (secondary N) is 3. The molecule has 30 heavy (non-hydrogen) atoms. The molecule has 0 fully saturated rings. The largest absolute Gasteiger partial charge is 0.493 e. The summed E-state index contributed by atoms with van der Waals surface area (Å²) in [5.41, 5.74) is 1.50. The van der Waals surface area contributed by atoms with Crippen molar-refractivity contribution in [2.45, 2.75) is 0 Å². The maximum absolute atomic E-state index is 11.3. The molecule has 0 aliphatic carbocycles. The van der Waals surface area contributed by atoms with Crippen molar-refractivity contribution in [3.05, 3.63) is 23.9 Å². The second-order valence-corrected chi connectivity index (χ2v) is 7.23. The van der Waals surface area contributed by atoms with Crippen LogP contribution in [-0.2, 0) is 14.9 Å². The number of methoxy groups -OCH3 is 2. The van der Waals surface area contributed by atoms with Crippen LogP contribution in [0, 0.1) is 11.3 Å². The predicted octanol–water partition coefficient (Wildman–Crippen LogP) is 0.654. The van der Waals surface area contributed by atoms with Crippen LogP contribution >= 0.6 is 0 Å². The normalized spacial score (nSPS) is 11.0. The van der Waals surface area contributed by atoms with E-state index < -0.39 is 16.3 Å². The molecule has 1 aromatic heterocycles. The fourth-order valence-corrected chi connectivity index (χ4v) is 3.20. The molecule has 0 aliphatic heterocycles. The van der Waals surface area contributed by atoms with Gasteiger partial charge in [-0.05, 0) is 6.07 Å². The van der Waals surface area contributed by atoms with Gasteiger partial charge in [0.05, 0.1) is 44.2 Å². The van der Waals surface area contributed by atoms with Gasteiger partial charge in [-0.2, -0.15) is 18.4 Å². The van der Waals surface area contributed by atoms with Gasteiger partial charge in [0.25, 0.3) is 0 Å². The van der Waals surface area contributed by atoms with Gasteiger partial charge in [-0.1, -0.05) is 0 Å². The third-order valence-electron chi connectivity index (χ3n) is 3.80. The molecular formula is C17H21N5O7S. The van der Waals surface area contributed by atoms with Crippen LogP contribution in [0.4, 0.5) is 10.5 Å². The molecular weight excluding hydrogens is 418 g/mol. The number of rotatable bonds is 11. The van der Waals surface area contributed by atoms with E-state index in [1.54, 1.807) is 12.1 Å². The van der Waals surface area contributed by atoms with Crippen molar-refractivity contribution in [2.75, 3.05) is 45.8 Å². The topological polar surface area (TPSA) is 172 Å². The molecule has 0 spiro atoms. The summed E-state index contributed by atoms with van der Waals surface area (Å²) in [4.78, 5) is 14.6. The molecule has 13 heteroatoms. The molecule has 0 saturated carbocycles. The van der Waals surface area contributed by atoms with E-state index in [0.717, 1.165) is 0 Å². The number of nitriles is 1.